The van der Waals surface area contributed by atoms with Crippen molar-refractivity contribution in [2.24, 2.45) is 11.3 Å². The van der Waals surface area contributed by atoms with Crippen LogP contribution in [0.2, 0.25) is 0 Å². The van der Waals surface area contributed by atoms with E-state index in [0.29, 0.717) is 12.5 Å². The molecular formula is C15H30O2. The second-order valence-corrected chi connectivity index (χ2v) is 6.04. The van der Waals surface area contributed by atoms with Gasteiger partial charge in [-0.05, 0) is 26.2 Å². The first kappa shape index (κ1) is 16.5. The highest BCUT2D eigenvalue weighted by Crippen LogP contribution is 2.26. The summed E-state index contributed by atoms with van der Waals surface area (Å²) in [7, 11) is 0. The minimum Gasteiger partial charge on any atom is -0.465 e. The van der Waals surface area contributed by atoms with Gasteiger partial charge in [-0.1, -0.05) is 52.9 Å². The lowest BCUT2D eigenvalue weighted by molar-refractivity contribution is -0.155. The minimum absolute atomic E-state index is 0.0401. The van der Waals surface area contributed by atoms with Gasteiger partial charge < -0.3 is 4.74 Å². The van der Waals surface area contributed by atoms with Crippen molar-refractivity contribution >= 4 is 5.97 Å². The van der Waals surface area contributed by atoms with E-state index in [4.69, 9.17) is 4.74 Å². The van der Waals surface area contributed by atoms with Crippen LogP contribution in [0.1, 0.15) is 73.1 Å². The van der Waals surface area contributed by atoms with Crippen LogP contribution in [0.15, 0.2) is 0 Å². The van der Waals surface area contributed by atoms with Gasteiger partial charge >= 0.3 is 5.97 Å². The summed E-state index contributed by atoms with van der Waals surface area (Å²) >= 11 is 0. The highest BCUT2D eigenvalue weighted by atomic mass is 16.5. The van der Waals surface area contributed by atoms with E-state index in [2.05, 4.69) is 20.8 Å². The van der Waals surface area contributed by atoms with Crippen LogP contribution in [-0.2, 0) is 9.53 Å². The summed E-state index contributed by atoms with van der Waals surface area (Å²) in [5, 5.41) is 0. The third kappa shape index (κ3) is 8.23. The summed E-state index contributed by atoms with van der Waals surface area (Å²) in [5.41, 5.74) is -0.318. The lowest BCUT2D eigenvalue weighted by Crippen LogP contribution is -2.27. The van der Waals surface area contributed by atoms with E-state index in [9.17, 15) is 4.79 Å². The first-order chi connectivity index (χ1) is 7.90. The molecule has 0 rings (SSSR count). The molecule has 0 aromatic heterocycles. The number of ether oxygens (including phenoxy) is 1. The van der Waals surface area contributed by atoms with Gasteiger partial charge in [0.15, 0.2) is 0 Å². The molecule has 0 aromatic carbocycles. The van der Waals surface area contributed by atoms with Gasteiger partial charge in [-0.3, -0.25) is 4.79 Å². The smallest absolute Gasteiger partial charge is 0.311 e. The van der Waals surface area contributed by atoms with Crippen LogP contribution in [0, 0.1) is 11.3 Å². The Bertz CT molecular complexity index is 207. The third-order valence-electron chi connectivity index (χ3n) is 3.01. The molecule has 0 saturated carbocycles. The largest absolute Gasteiger partial charge is 0.465 e. The lowest BCUT2D eigenvalue weighted by atomic mass is 9.87. The van der Waals surface area contributed by atoms with Crippen LogP contribution in [0.25, 0.3) is 0 Å². The predicted octanol–water partition coefficient (Wildman–Crippen LogP) is 4.57. The average molecular weight is 242 g/mol. The number of carbonyl (C=O) groups excluding carboxylic acids is 1. The first-order valence-electron chi connectivity index (χ1n) is 7.07. The molecule has 0 radical (unpaired) electrons. The van der Waals surface area contributed by atoms with Crippen LogP contribution in [-0.4, -0.2) is 12.6 Å². The Morgan fingerprint density at radius 2 is 1.71 bits per heavy atom. The summed E-state index contributed by atoms with van der Waals surface area (Å²) in [6.45, 7) is 10.9. The lowest BCUT2D eigenvalue weighted by Gasteiger charge is -2.23. The summed E-state index contributed by atoms with van der Waals surface area (Å²) < 4.78 is 5.31. The molecule has 17 heavy (non-hydrogen) atoms. The van der Waals surface area contributed by atoms with Gasteiger partial charge in [0.05, 0.1) is 12.0 Å². The zero-order chi connectivity index (χ0) is 13.3. The van der Waals surface area contributed by atoms with Crippen molar-refractivity contribution in [1.29, 1.82) is 0 Å². The molecule has 102 valence electrons. The Kier molecular flexibility index (Phi) is 8.28. The Hall–Kier alpha value is -0.530. The zero-order valence-electron chi connectivity index (χ0n) is 12.3. The number of unbranched alkanes of at least 4 members (excludes halogenated alkanes) is 4. The van der Waals surface area contributed by atoms with E-state index in [1.54, 1.807) is 0 Å². The highest BCUT2D eigenvalue weighted by molar-refractivity contribution is 5.75. The number of carbonyl (C=O) groups is 1. The van der Waals surface area contributed by atoms with Gasteiger partial charge in [-0.15, -0.1) is 0 Å². The second kappa shape index (κ2) is 8.54. The normalized spacial score (nSPS) is 11.9. The summed E-state index contributed by atoms with van der Waals surface area (Å²) in [4.78, 5) is 11.9. The van der Waals surface area contributed by atoms with Crippen molar-refractivity contribution in [2.75, 3.05) is 6.61 Å². The molecule has 0 amide bonds. The standard InChI is InChI=1S/C15H30O2/c1-6-7-8-9-10-11-15(4,5)14(16)17-12-13(2)3/h13H,6-12H2,1-5H3. The fourth-order valence-corrected chi connectivity index (χ4v) is 1.71. The number of esters is 1. The Labute approximate surface area is 107 Å². The topological polar surface area (TPSA) is 26.3 Å². The molecule has 2 heteroatoms. The van der Waals surface area contributed by atoms with Gasteiger partial charge in [0.1, 0.15) is 0 Å². The monoisotopic (exact) mass is 242 g/mol. The van der Waals surface area contributed by atoms with E-state index < -0.39 is 0 Å². The fraction of sp³-hybridized carbons (Fsp3) is 0.933. The van der Waals surface area contributed by atoms with E-state index >= 15 is 0 Å². The molecular weight excluding hydrogens is 212 g/mol. The van der Waals surface area contributed by atoms with Crippen LogP contribution in [0.3, 0.4) is 0 Å². The van der Waals surface area contributed by atoms with Crippen LogP contribution in [0.4, 0.5) is 0 Å². The Balaban J connectivity index is 3.80. The molecule has 0 aliphatic carbocycles. The fourth-order valence-electron chi connectivity index (χ4n) is 1.71. The zero-order valence-corrected chi connectivity index (χ0v) is 12.3. The van der Waals surface area contributed by atoms with E-state index in [1.165, 1.54) is 25.7 Å². The van der Waals surface area contributed by atoms with Gasteiger partial charge in [0.2, 0.25) is 0 Å². The summed E-state index contributed by atoms with van der Waals surface area (Å²) in [5.74, 6) is 0.376. The quantitative estimate of drug-likeness (QED) is 0.437. The predicted molar refractivity (Wildman–Crippen MR) is 73.0 cm³/mol. The highest BCUT2D eigenvalue weighted by Gasteiger charge is 2.28. The molecule has 0 saturated heterocycles. The van der Waals surface area contributed by atoms with E-state index in [0.717, 1.165) is 12.8 Å². The maximum Gasteiger partial charge on any atom is 0.311 e. The van der Waals surface area contributed by atoms with Crippen molar-refractivity contribution in [2.45, 2.75) is 73.1 Å². The first-order valence-corrected chi connectivity index (χ1v) is 7.07. The Morgan fingerprint density at radius 1 is 1.12 bits per heavy atom. The molecule has 0 bridgehead atoms. The van der Waals surface area contributed by atoms with Gasteiger partial charge in [-0.2, -0.15) is 0 Å². The number of rotatable bonds is 9. The molecule has 0 aliphatic heterocycles. The maximum absolute atomic E-state index is 11.9. The second-order valence-electron chi connectivity index (χ2n) is 6.04. The van der Waals surface area contributed by atoms with E-state index in [-0.39, 0.29) is 11.4 Å². The maximum atomic E-state index is 11.9. The molecule has 0 heterocycles. The minimum atomic E-state index is -0.318. The summed E-state index contributed by atoms with van der Waals surface area (Å²) in [6, 6.07) is 0. The van der Waals surface area contributed by atoms with Crippen molar-refractivity contribution in [3.8, 4) is 0 Å². The SMILES string of the molecule is CCCCCCCC(C)(C)C(=O)OCC(C)C. The average Bonchev–Trinajstić information content (AvgIpc) is 2.25. The molecule has 0 atom stereocenters. The number of hydrogen-bond acceptors (Lipinski definition) is 2. The van der Waals surface area contributed by atoms with Crippen LogP contribution < -0.4 is 0 Å². The molecule has 2 nitrogen and oxygen atoms in total. The summed E-state index contributed by atoms with van der Waals surface area (Å²) in [6.07, 6.45) is 7.15. The molecule has 0 unspecified atom stereocenters. The van der Waals surface area contributed by atoms with Crippen LogP contribution in [0.5, 0.6) is 0 Å². The third-order valence-corrected chi connectivity index (χ3v) is 3.01. The van der Waals surface area contributed by atoms with Crippen LogP contribution >= 0.6 is 0 Å². The van der Waals surface area contributed by atoms with Gasteiger partial charge in [0, 0.05) is 0 Å². The van der Waals surface area contributed by atoms with Gasteiger partial charge in [0.25, 0.3) is 0 Å². The van der Waals surface area contributed by atoms with Crippen molar-refractivity contribution in [1.82, 2.24) is 0 Å². The molecule has 0 aromatic rings. The van der Waals surface area contributed by atoms with Crippen molar-refractivity contribution in [3.05, 3.63) is 0 Å². The van der Waals surface area contributed by atoms with Gasteiger partial charge in [-0.25, -0.2) is 0 Å². The van der Waals surface area contributed by atoms with Crippen molar-refractivity contribution < 1.29 is 9.53 Å². The Morgan fingerprint density at radius 3 is 2.24 bits per heavy atom. The molecule has 0 N–H and O–H groups in total. The molecule has 0 aliphatic rings. The molecule has 0 spiro atoms. The molecule has 0 fully saturated rings. The van der Waals surface area contributed by atoms with Crippen molar-refractivity contribution in [3.63, 3.8) is 0 Å². The van der Waals surface area contributed by atoms with E-state index in [1.807, 2.05) is 13.8 Å². The number of hydrogen-bond donors (Lipinski definition) is 0.